The summed E-state index contributed by atoms with van der Waals surface area (Å²) < 4.78 is 22.1. The summed E-state index contributed by atoms with van der Waals surface area (Å²) in [4.78, 5) is 13.8. The van der Waals surface area contributed by atoms with Crippen molar-refractivity contribution in [3.8, 4) is 11.4 Å². The second-order valence-corrected chi connectivity index (χ2v) is 6.24. The van der Waals surface area contributed by atoms with E-state index in [0.717, 1.165) is 6.07 Å². The highest BCUT2D eigenvalue weighted by atomic mass is 35.7. The first-order valence-electron chi connectivity index (χ1n) is 4.60. The molecule has 19 heavy (non-hydrogen) atoms. The van der Waals surface area contributed by atoms with Gasteiger partial charge >= 0.3 is 0 Å². The number of nitrogens with one attached hydrogen (secondary N) is 1. The summed E-state index contributed by atoms with van der Waals surface area (Å²) in [6, 6.07) is 3.82. The Bertz CT molecular complexity index is 758. The minimum Gasteiger partial charge on any atom is -0.258 e. The molecular formula is C8H4Cl2N4O4S. The van der Waals surface area contributed by atoms with Gasteiger partial charge in [0.05, 0.1) is 10.5 Å². The van der Waals surface area contributed by atoms with Crippen molar-refractivity contribution in [2.75, 3.05) is 0 Å². The number of nitro groups is 1. The summed E-state index contributed by atoms with van der Waals surface area (Å²) in [6.07, 6.45) is 0. The van der Waals surface area contributed by atoms with Crippen LogP contribution in [0.2, 0.25) is 5.02 Å². The second kappa shape index (κ2) is 4.76. The predicted molar refractivity (Wildman–Crippen MR) is 66.5 cm³/mol. The maximum absolute atomic E-state index is 11.0. The molecule has 0 aliphatic heterocycles. The zero-order valence-corrected chi connectivity index (χ0v) is 11.2. The Balaban J connectivity index is 2.60. The van der Waals surface area contributed by atoms with Gasteiger partial charge in [0.15, 0.2) is 5.82 Å². The Hall–Kier alpha value is -1.71. The number of aromatic amines is 1. The lowest BCUT2D eigenvalue weighted by molar-refractivity contribution is -0.384. The van der Waals surface area contributed by atoms with Gasteiger partial charge in [0.25, 0.3) is 19.9 Å². The Labute approximate surface area is 115 Å². The number of nitrogens with zero attached hydrogens (tertiary/aromatic N) is 3. The SMILES string of the molecule is O=[N+]([O-])c1cc(Cl)ccc1-c1n[nH]c(S(=O)(=O)Cl)n1. The molecule has 100 valence electrons. The highest BCUT2D eigenvalue weighted by molar-refractivity contribution is 8.13. The fraction of sp³-hybridized carbons (Fsp3) is 0. The standard InChI is InChI=1S/C8H4Cl2N4O4S/c9-4-1-2-5(6(3-4)14(15)16)7-11-8(13-12-7)19(10,17)18/h1-3H,(H,11,12,13). The van der Waals surface area contributed by atoms with Gasteiger partial charge in [-0.15, -0.1) is 0 Å². The Morgan fingerprint density at radius 2 is 2.05 bits per heavy atom. The molecule has 0 aliphatic rings. The van der Waals surface area contributed by atoms with Crippen LogP contribution >= 0.6 is 22.3 Å². The highest BCUT2D eigenvalue weighted by Gasteiger charge is 2.22. The van der Waals surface area contributed by atoms with Crippen LogP contribution in [0, 0.1) is 10.1 Å². The van der Waals surface area contributed by atoms with Crippen LogP contribution in [0.4, 0.5) is 5.69 Å². The molecule has 1 aromatic carbocycles. The van der Waals surface area contributed by atoms with Gasteiger partial charge in [0.2, 0.25) is 0 Å². The normalized spacial score (nSPS) is 11.5. The summed E-state index contributed by atoms with van der Waals surface area (Å²) in [5.41, 5.74) is -0.317. The largest absolute Gasteiger partial charge is 0.296 e. The summed E-state index contributed by atoms with van der Waals surface area (Å²) in [7, 11) is 0.986. The van der Waals surface area contributed by atoms with Crippen LogP contribution in [0.1, 0.15) is 0 Å². The lowest BCUT2D eigenvalue weighted by atomic mass is 10.2. The Morgan fingerprint density at radius 3 is 2.58 bits per heavy atom. The molecule has 0 spiro atoms. The van der Waals surface area contributed by atoms with Gasteiger partial charge in [-0.3, -0.25) is 10.1 Å². The highest BCUT2D eigenvalue weighted by Crippen LogP contribution is 2.30. The van der Waals surface area contributed by atoms with E-state index < -0.39 is 19.1 Å². The third-order valence-corrected chi connectivity index (χ3v) is 3.41. The monoisotopic (exact) mass is 322 g/mol. The molecule has 1 heterocycles. The molecule has 2 rings (SSSR count). The minimum absolute atomic E-state index is 0.0252. The molecule has 0 amide bonds. The third-order valence-electron chi connectivity index (χ3n) is 2.09. The maximum Gasteiger partial charge on any atom is 0.296 e. The molecule has 0 radical (unpaired) electrons. The minimum atomic E-state index is -4.08. The molecule has 2 aromatic rings. The van der Waals surface area contributed by atoms with Crippen LogP contribution in [0.5, 0.6) is 0 Å². The van der Waals surface area contributed by atoms with E-state index in [0.29, 0.717) is 0 Å². The topological polar surface area (TPSA) is 119 Å². The van der Waals surface area contributed by atoms with E-state index in [1.807, 2.05) is 0 Å². The number of aromatic nitrogens is 3. The average molecular weight is 323 g/mol. The van der Waals surface area contributed by atoms with Gasteiger partial charge < -0.3 is 0 Å². The Kier molecular flexibility index (Phi) is 3.43. The van der Waals surface area contributed by atoms with Crippen molar-refractivity contribution in [1.29, 1.82) is 0 Å². The van der Waals surface area contributed by atoms with Gasteiger partial charge in [0, 0.05) is 21.8 Å². The van der Waals surface area contributed by atoms with E-state index in [4.69, 9.17) is 22.3 Å². The predicted octanol–water partition coefficient (Wildman–Crippen LogP) is 1.96. The van der Waals surface area contributed by atoms with Crippen LogP contribution in [0.3, 0.4) is 0 Å². The van der Waals surface area contributed by atoms with Crippen LogP contribution < -0.4 is 0 Å². The van der Waals surface area contributed by atoms with Crippen LogP contribution in [-0.4, -0.2) is 28.5 Å². The second-order valence-electron chi connectivity index (χ2n) is 3.32. The molecule has 0 bridgehead atoms. The van der Waals surface area contributed by atoms with E-state index in [2.05, 4.69) is 15.2 Å². The molecule has 0 unspecified atom stereocenters. The zero-order chi connectivity index (χ0) is 14.2. The molecule has 0 aliphatic carbocycles. The molecule has 0 fully saturated rings. The van der Waals surface area contributed by atoms with E-state index in [9.17, 15) is 18.5 Å². The Morgan fingerprint density at radius 1 is 1.37 bits per heavy atom. The van der Waals surface area contributed by atoms with Crippen LogP contribution in [0.25, 0.3) is 11.4 Å². The van der Waals surface area contributed by atoms with Crippen molar-refractivity contribution in [2.45, 2.75) is 5.16 Å². The molecule has 1 aromatic heterocycles. The van der Waals surface area contributed by atoms with Crippen LogP contribution in [-0.2, 0) is 9.05 Å². The molecule has 0 atom stereocenters. The van der Waals surface area contributed by atoms with Gasteiger partial charge in [-0.2, -0.15) is 10.1 Å². The van der Waals surface area contributed by atoms with Crippen molar-refractivity contribution in [3.05, 3.63) is 33.3 Å². The summed E-state index contributed by atoms with van der Waals surface area (Å²) in [5, 5.41) is 16.1. The van der Waals surface area contributed by atoms with Gasteiger partial charge in [0.1, 0.15) is 0 Å². The first-order chi connectivity index (χ1) is 8.79. The van der Waals surface area contributed by atoms with Gasteiger partial charge in [-0.25, -0.2) is 13.5 Å². The van der Waals surface area contributed by atoms with Crippen molar-refractivity contribution in [1.82, 2.24) is 15.2 Å². The van der Waals surface area contributed by atoms with Gasteiger partial charge in [-0.1, -0.05) is 11.6 Å². The van der Waals surface area contributed by atoms with E-state index in [-0.39, 0.29) is 22.1 Å². The number of benzene rings is 1. The van der Waals surface area contributed by atoms with E-state index in [1.54, 1.807) is 0 Å². The van der Waals surface area contributed by atoms with E-state index >= 15 is 0 Å². The summed E-state index contributed by atoms with van der Waals surface area (Å²) >= 11 is 5.66. The maximum atomic E-state index is 11.0. The van der Waals surface area contributed by atoms with Crippen molar-refractivity contribution in [3.63, 3.8) is 0 Å². The lowest BCUT2D eigenvalue weighted by Gasteiger charge is -1.98. The summed E-state index contributed by atoms with van der Waals surface area (Å²) in [5.74, 6) is -0.164. The number of nitro benzene ring substituents is 1. The molecule has 0 saturated heterocycles. The van der Waals surface area contributed by atoms with Crippen molar-refractivity contribution >= 4 is 37.0 Å². The van der Waals surface area contributed by atoms with Crippen LogP contribution in [0.15, 0.2) is 23.4 Å². The fourth-order valence-corrected chi connectivity index (χ4v) is 2.04. The first kappa shape index (κ1) is 13.7. The quantitative estimate of drug-likeness (QED) is 0.524. The molecular weight excluding hydrogens is 319 g/mol. The molecule has 11 heteroatoms. The lowest BCUT2D eigenvalue weighted by Crippen LogP contribution is -1.94. The van der Waals surface area contributed by atoms with Crippen molar-refractivity contribution < 1.29 is 13.3 Å². The molecule has 1 N–H and O–H groups in total. The average Bonchev–Trinajstić information content (AvgIpc) is 2.77. The zero-order valence-electron chi connectivity index (χ0n) is 8.87. The van der Waals surface area contributed by atoms with Gasteiger partial charge in [-0.05, 0) is 12.1 Å². The number of hydrogen-bond acceptors (Lipinski definition) is 6. The van der Waals surface area contributed by atoms with Crippen molar-refractivity contribution in [2.24, 2.45) is 0 Å². The fourth-order valence-electron chi connectivity index (χ4n) is 1.32. The first-order valence-corrected chi connectivity index (χ1v) is 7.29. The smallest absolute Gasteiger partial charge is 0.258 e. The molecule has 8 nitrogen and oxygen atoms in total. The molecule has 0 saturated carbocycles. The summed E-state index contributed by atoms with van der Waals surface area (Å²) in [6.45, 7) is 0. The third kappa shape index (κ3) is 2.83. The number of H-pyrrole nitrogens is 1. The van der Waals surface area contributed by atoms with E-state index in [1.165, 1.54) is 12.1 Å². The number of halogens is 2. The number of hydrogen-bond donors (Lipinski definition) is 1. The number of rotatable bonds is 3.